The molecule has 2 rings (SSSR count). The molecule has 1 aliphatic heterocycles. The lowest BCUT2D eigenvalue weighted by molar-refractivity contribution is -0.0473. The summed E-state index contributed by atoms with van der Waals surface area (Å²) in [7, 11) is 0. The van der Waals surface area contributed by atoms with Gasteiger partial charge in [-0.3, -0.25) is 0 Å². The van der Waals surface area contributed by atoms with E-state index in [0.29, 0.717) is 12.6 Å². The molecule has 4 atom stereocenters. The second-order valence-corrected chi connectivity index (χ2v) is 7.22. The van der Waals surface area contributed by atoms with Crippen LogP contribution in [-0.2, 0) is 9.47 Å². The third-order valence-corrected chi connectivity index (χ3v) is 4.13. The topological polar surface area (TPSA) is 71.6 Å². The van der Waals surface area contributed by atoms with Gasteiger partial charge >= 0.3 is 6.09 Å². The molecule has 0 aromatic rings. The van der Waals surface area contributed by atoms with Crippen molar-refractivity contribution >= 4 is 6.09 Å². The van der Waals surface area contributed by atoms with Crippen LogP contribution < -0.4 is 16.0 Å². The molecule has 0 bridgehead atoms. The Balaban J connectivity index is 1.85. The number of piperidine rings is 1. The van der Waals surface area contributed by atoms with Crippen molar-refractivity contribution in [3.63, 3.8) is 0 Å². The largest absolute Gasteiger partial charge is 0.444 e. The van der Waals surface area contributed by atoms with Crippen LogP contribution in [-0.4, -0.2) is 55.6 Å². The first-order valence-electron chi connectivity index (χ1n) is 8.47. The van der Waals surface area contributed by atoms with E-state index < -0.39 is 5.60 Å². The molecule has 1 saturated carbocycles. The molecule has 0 spiro atoms. The summed E-state index contributed by atoms with van der Waals surface area (Å²) in [5.41, 5.74) is -0.469. The highest BCUT2D eigenvalue weighted by Crippen LogP contribution is 2.26. The monoisotopic (exact) mass is 313 g/mol. The lowest BCUT2D eigenvalue weighted by Crippen LogP contribution is -2.68. The predicted octanol–water partition coefficient (Wildman–Crippen LogP) is 1.40. The second kappa shape index (κ2) is 7.62. The Labute approximate surface area is 133 Å². The standard InChI is InChI=1S/C16H31N3O3/c1-5-21-13-9-12(19-15(20)22-16(2,3)4)14(13)18-11-7-6-8-17-10-11/h11-14,17-18H,5-10H2,1-4H3,(H,19,20). The van der Waals surface area contributed by atoms with E-state index in [1.54, 1.807) is 0 Å². The summed E-state index contributed by atoms with van der Waals surface area (Å²) in [6.45, 7) is 10.4. The summed E-state index contributed by atoms with van der Waals surface area (Å²) >= 11 is 0. The molecule has 0 radical (unpaired) electrons. The normalized spacial score (nSPS) is 32.2. The Bertz CT molecular complexity index is 364. The van der Waals surface area contributed by atoms with E-state index in [-0.39, 0.29) is 24.3 Å². The van der Waals surface area contributed by atoms with Crippen molar-refractivity contribution in [1.82, 2.24) is 16.0 Å². The minimum atomic E-state index is -0.469. The van der Waals surface area contributed by atoms with Gasteiger partial charge in [-0.2, -0.15) is 0 Å². The van der Waals surface area contributed by atoms with Crippen LogP contribution in [0.1, 0.15) is 47.0 Å². The number of hydrogen-bond donors (Lipinski definition) is 3. The third-order valence-electron chi connectivity index (χ3n) is 4.13. The van der Waals surface area contributed by atoms with E-state index >= 15 is 0 Å². The van der Waals surface area contributed by atoms with E-state index in [0.717, 1.165) is 19.5 Å². The number of ether oxygens (including phenoxy) is 2. The Morgan fingerprint density at radius 3 is 2.73 bits per heavy atom. The van der Waals surface area contributed by atoms with Gasteiger partial charge in [0.1, 0.15) is 5.60 Å². The number of nitrogens with one attached hydrogen (secondary N) is 3. The van der Waals surface area contributed by atoms with E-state index in [4.69, 9.17) is 9.47 Å². The van der Waals surface area contributed by atoms with Crippen molar-refractivity contribution in [3.05, 3.63) is 0 Å². The number of carbonyl (C=O) groups is 1. The summed E-state index contributed by atoms with van der Waals surface area (Å²) in [5.74, 6) is 0. The number of carbonyl (C=O) groups excluding carboxylic acids is 1. The maximum atomic E-state index is 11.9. The molecule has 6 heteroatoms. The molecule has 128 valence electrons. The first kappa shape index (κ1) is 17.5. The van der Waals surface area contributed by atoms with E-state index in [9.17, 15) is 4.79 Å². The molecule has 1 aliphatic carbocycles. The molecule has 4 unspecified atom stereocenters. The van der Waals surface area contributed by atoms with Crippen LogP contribution >= 0.6 is 0 Å². The van der Waals surface area contributed by atoms with Gasteiger partial charge in [0.2, 0.25) is 0 Å². The van der Waals surface area contributed by atoms with E-state index in [1.165, 1.54) is 12.8 Å². The van der Waals surface area contributed by atoms with Crippen LogP contribution in [0.4, 0.5) is 4.79 Å². The molecule has 22 heavy (non-hydrogen) atoms. The summed E-state index contributed by atoms with van der Waals surface area (Å²) < 4.78 is 11.1. The first-order valence-corrected chi connectivity index (χ1v) is 8.47. The lowest BCUT2D eigenvalue weighted by atomic mass is 9.81. The van der Waals surface area contributed by atoms with Crippen molar-refractivity contribution in [2.24, 2.45) is 0 Å². The van der Waals surface area contributed by atoms with Crippen molar-refractivity contribution < 1.29 is 14.3 Å². The summed E-state index contributed by atoms with van der Waals surface area (Å²) in [6.07, 6.45) is 3.02. The fourth-order valence-electron chi connectivity index (χ4n) is 3.09. The molecule has 1 amide bonds. The van der Waals surface area contributed by atoms with Gasteiger partial charge < -0.3 is 25.4 Å². The Morgan fingerprint density at radius 2 is 2.14 bits per heavy atom. The number of alkyl carbamates (subject to hydrolysis) is 1. The smallest absolute Gasteiger partial charge is 0.407 e. The molecular formula is C16H31N3O3. The average Bonchev–Trinajstić information content (AvgIpc) is 2.43. The van der Waals surface area contributed by atoms with Crippen molar-refractivity contribution in [2.45, 2.75) is 76.8 Å². The third kappa shape index (κ3) is 5.11. The molecule has 0 aromatic heterocycles. The zero-order chi connectivity index (χ0) is 16.2. The minimum Gasteiger partial charge on any atom is -0.444 e. The summed E-state index contributed by atoms with van der Waals surface area (Å²) in [4.78, 5) is 11.9. The summed E-state index contributed by atoms with van der Waals surface area (Å²) in [6, 6.07) is 0.690. The summed E-state index contributed by atoms with van der Waals surface area (Å²) in [5, 5.41) is 10.0. The zero-order valence-electron chi connectivity index (χ0n) is 14.3. The van der Waals surface area contributed by atoms with Gasteiger partial charge in [-0.25, -0.2) is 4.79 Å². The highest BCUT2D eigenvalue weighted by molar-refractivity contribution is 5.68. The minimum absolute atomic E-state index is 0.0772. The SMILES string of the molecule is CCOC1CC(NC(=O)OC(C)(C)C)C1NC1CCCNC1. The number of rotatable bonds is 5. The van der Waals surface area contributed by atoms with Crippen LogP contribution in [0.25, 0.3) is 0 Å². The molecule has 2 aliphatic rings. The molecular weight excluding hydrogens is 282 g/mol. The van der Waals surface area contributed by atoms with Gasteiger partial charge in [0, 0.05) is 19.2 Å². The maximum absolute atomic E-state index is 11.9. The van der Waals surface area contributed by atoms with Gasteiger partial charge in [0.25, 0.3) is 0 Å². The number of hydrogen-bond acceptors (Lipinski definition) is 5. The maximum Gasteiger partial charge on any atom is 0.407 e. The first-order chi connectivity index (χ1) is 10.4. The van der Waals surface area contributed by atoms with Gasteiger partial charge in [-0.05, 0) is 53.5 Å². The van der Waals surface area contributed by atoms with Gasteiger partial charge in [0.05, 0.1) is 18.2 Å². The average molecular weight is 313 g/mol. The van der Waals surface area contributed by atoms with Gasteiger partial charge in [0.15, 0.2) is 0 Å². The Hall–Kier alpha value is -0.850. The van der Waals surface area contributed by atoms with Crippen molar-refractivity contribution in [2.75, 3.05) is 19.7 Å². The van der Waals surface area contributed by atoms with Crippen molar-refractivity contribution in [1.29, 1.82) is 0 Å². The molecule has 1 heterocycles. The Morgan fingerprint density at radius 1 is 1.36 bits per heavy atom. The van der Waals surface area contributed by atoms with Crippen LogP contribution in [0.3, 0.4) is 0 Å². The molecule has 0 aromatic carbocycles. The van der Waals surface area contributed by atoms with Crippen LogP contribution in [0.15, 0.2) is 0 Å². The van der Waals surface area contributed by atoms with Crippen LogP contribution in [0, 0.1) is 0 Å². The highest BCUT2D eigenvalue weighted by atomic mass is 16.6. The molecule has 6 nitrogen and oxygen atoms in total. The molecule has 2 fully saturated rings. The lowest BCUT2D eigenvalue weighted by Gasteiger charge is -2.47. The quantitative estimate of drug-likeness (QED) is 0.715. The molecule has 1 saturated heterocycles. The highest BCUT2D eigenvalue weighted by Gasteiger charge is 2.44. The zero-order valence-corrected chi connectivity index (χ0v) is 14.3. The van der Waals surface area contributed by atoms with Gasteiger partial charge in [-0.15, -0.1) is 0 Å². The van der Waals surface area contributed by atoms with Crippen LogP contribution in [0.2, 0.25) is 0 Å². The molecule has 3 N–H and O–H groups in total. The predicted molar refractivity (Wildman–Crippen MR) is 86.0 cm³/mol. The van der Waals surface area contributed by atoms with Crippen LogP contribution in [0.5, 0.6) is 0 Å². The second-order valence-electron chi connectivity index (χ2n) is 7.22. The van der Waals surface area contributed by atoms with E-state index in [1.807, 2.05) is 27.7 Å². The fourth-order valence-corrected chi connectivity index (χ4v) is 3.09. The van der Waals surface area contributed by atoms with Gasteiger partial charge in [-0.1, -0.05) is 0 Å². The Kier molecular flexibility index (Phi) is 6.06. The van der Waals surface area contributed by atoms with Crippen molar-refractivity contribution in [3.8, 4) is 0 Å². The fraction of sp³-hybridized carbons (Fsp3) is 0.938. The number of amides is 1. The van der Waals surface area contributed by atoms with E-state index in [2.05, 4.69) is 16.0 Å².